The molecule has 1 aromatic rings. The first kappa shape index (κ1) is 14.7. The van der Waals surface area contributed by atoms with Gasteiger partial charge >= 0.3 is 5.97 Å². The molecule has 0 amide bonds. The minimum atomic E-state index is -0.815. The van der Waals surface area contributed by atoms with Crippen molar-refractivity contribution in [3.05, 3.63) is 21.3 Å². The molecular formula is C12H14INO4S. The van der Waals surface area contributed by atoms with Crippen LogP contribution in [-0.2, 0) is 4.79 Å². The second kappa shape index (κ2) is 6.19. The highest BCUT2D eigenvalue weighted by Gasteiger charge is 2.31. The number of halogens is 1. The van der Waals surface area contributed by atoms with Crippen molar-refractivity contribution in [1.29, 1.82) is 0 Å². The normalized spacial score (nSPS) is 22.3. The van der Waals surface area contributed by atoms with Crippen molar-refractivity contribution >= 4 is 40.3 Å². The van der Waals surface area contributed by atoms with Crippen LogP contribution >= 0.6 is 34.4 Å². The number of hydrogen-bond donors (Lipinski definition) is 2. The number of rotatable bonds is 4. The van der Waals surface area contributed by atoms with E-state index in [1.54, 1.807) is 26.0 Å². The summed E-state index contributed by atoms with van der Waals surface area (Å²) in [6.45, 7) is 0. The lowest BCUT2D eigenvalue weighted by molar-refractivity contribution is -0.138. The van der Waals surface area contributed by atoms with Gasteiger partial charge in [-0.15, -0.1) is 11.8 Å². The minimum Gasteiger partial charge on any atom is -0.493 e. The number of aliphatic carboxylic acids is 1. The molecule has 1 heterocycles. The molecule has 104 valence electrons. The molecule has 1 aliphatic heterocycles. The van der Waals surface area contributed by atoms with E-state index in [0.29, 0.717) is 17.3 Å². The maximum atomic E-state index is 10.9. The van der Waals surface area contributed by atoms with Crippen molar-refractivity contribution in [1.82, 2.24) is 5.32 Å². The maximum absolute atomic E-state index is 10.9. The summed E-state index contributed by atoms with van der Waals surface area (Å²) < 4.78 is 11.5. The van der Waals surface area contributed by atoms with Gasteiger partial charge in [0.05, 0.1) is 23.2 Å². The molecule has 1 fully saturated rings. The van der Waals surface area contributed by atoms with E-state index >= 15 is 0 Å². The van der Waals surface area contributed by atoms with Gasteiger partial charge < -0.3 is 14.6 Å². The average Bonchev–Trinajstić information content (AvgIpc) is 2.87. The van der Waals surface area contributed by atoms with E-state index < -0.39 is 12.0 Å². The molecule has 2 rings (SSSR count). The van der Waals surface area contributed by atoms with Gasteiger partial charge in [0.25, 0.3) is 0 Å². The van der Waals surface area contributed by atoms with Gasteiger partial charge in [0, 0.05) is 5.75 Å². The predicted molar refractivity (Wildman–Crippen MR) is 82.0 cm³/mol. The SMILES string of the molecule is COc1cc([C@H]2N[C@@H](C(=O)O)CS2)cc(I)c1OC. The number of benzene rings is 1. The summed E-state index contributed by atoms with van der Waals surface area (Å²) in [5.41, 5.74) is 0.996. The van der Waals surface area contributed by atoms with Crippen LogP contribution in [0.2, 0.25) is 0 Å². The summed E-state index contributed by atoms with van der Waals surface area (Å²) in [5, 5.41) is 12.0. The lowest BCUT2D eigenvalue weighted by Gasteiger charge is -2.16. The minimum absolute atomic E-state index is 0.0329. The molecule has 1 aliphatic rings. The Hall–Kier alpha value is -0.670. The number of methoxy groups -OCH3 is 2. The Labute approximate surface area is 129 Å². The average molecular weight is 395 g/mol. The van der Waals surface area contributed by atoms with E-state index in [4.69, 9.17) is 14.6 Å². The zero-order valence-corrected chi connectivity index (χ0v) is 13.4. The van der Waals surface area contributed by atoms with Crippen molar-refractivity contribution in [2.45, 2.75) is 11.4 Å². The van der Waals surface area contributed by atoms with Crippen molar-refractivity contribution in [3.63, 3.8) is 0 Å². The monoisotopic (exact) mass is 395 g/mol. The second-order valence-corrected chi connectivity index (χ2v) is 6.31. The molecule has 7 heteroatoms. The first-order chi connectivity index (χ1) is 9.06. The summed E-state index contributed by atoms with van der Waals surface area (Å²) in [6.07, 6.45) is 0. The molecule has 2 atom stereocenters. The van der Waals surface area contributed by atoms with Crippen LogP contribution in [0.15, 0.2) is 12.1 Å². The fourth-order valence-corrected chi connectivity index (χ4v) is 3.95. The Balaban J connectivity index is 2.27. The van der Waals surface area contributed by atoms with E-state index in [1.165, 1.54) is 0 Å². The van der Waals surface area contributed by atoms with Gasteiger partial charge in [-0.3, -0.25) is 10.1 Å². The van der Waals surface area contributed by atoms with Crippen LogP contribution in [0.3, 0.4) is 0 Å². The zero-order chi connectivity index (χ0) is 14.0. The van der Waals surface area contributed by atoms with Crippen molar-refractivity contribution in [2.24, 2.45) is 0 Å². The third-order valence-corrected chi connectivity index (χ3v) is 4.91. The highest BCUT2D eigenvalue weighted by atomic mass is 127. The molecule has 0 saturated carbocycles. The van der Waals surface area contributed by atoms with Gasteiger partial charge in [-0.05, 0) is 40.3 Å². The molecule has 0 radical (unpaired) electrons. The molecule has 0 aromatic heterocycles. The van der Waals surface area contributed by atoms with Crippen molar-refractivity contribution < 1.29 is 19.4 Å². The predicted octanol–water partition coefficient (Wildman–Crippen LogP) is 2.10. The molecule has 0 aliphatic carbocycles. The first-order valence-electron chi connectivity index (χ1n) is 5.58. The fourth-order valence-electron chi connectivity index (χ4n) is 1.90. The summed E-state index contributed by atoms with van der Waals surface area (Å²) >= 11 is 3.76. The second-order valence-electron chi connectivity index (χ2n) is 4.01. The number of hydrogen-bond acceptors (Lipinski definition) is 5. The van der Waals surface area contributed by atoms with E-state index in [2.05, 4.69) is 27.9 Å². The largest absolute Gasteiger partial charge is 0.493 e. The molecule has 0 bridgehead atoms. The summed E-state index contributed by atoms with van der Waals surface area (Å²) in [7, 11) is 3.19. The Morgan fingerprint density at radius 2 is 2.21 bits per heavy atom. The number of ether oxygens (including phenoxy) is 2. The van der Waals surface area contributed by atoms with E-state index in [0.717, 1.165) is 9.13 Å². The highest BCUT2D eigenvalue weighted by molar-refractivity contribution is 14.1. The number of thioether (sulfide) groups is 1. The number of carboxylic acids is 1. The Kier molecular flexibility index (Phi) is 4.80. The summed E-state index contributed by atoms with van der Waals surface area (Å²) in [5.74, 6) is 1.10. The molecule has 2 N–H and O–H groups in total. The summed E-state index contributed by atoms with van der Waals surface area (Å²) in [6, 6.07) is 3.37. The molecule has 19 heavy (non-hydrogen) atoms. The van der Waals surface area contributed by atoms with Gasteiger partial charge in [0.2, 0.25) is 0 Å². The van der Waals surface area contributed by atoms with Gasteiger partial charge in [-0.1, -0.05) is 0 Å². The van der Waals surface area contributed by atoms with E-state index in [9.17, 15) is 4.79 Å². The zero-order valence-electron chi connectivity index (χ0n) is 10.5. The number of carbonyl (C=O) groups is 1. The smallest absolute Gasteiger partial charge is 0.321 e. The molecule has 0 spiro atoms. The first-order valence-corrected chi connectivity index (χ1v) is 7.71. The lowest BCUT2D eigenvalue weighted by atomic mass is 10.2. The Morgan fingerprint density at radius 1 is 1.47 bits per heavy atom. The quantitative estimate of drug-likeness (QED) is 0.762. The van der Waals surface area contributed by atoms with E-state index in [-0.39, 0.29) is 5.37 Å². The topological polar surface area (TPSA) is 67.8 Å². The van der Waals surface area contributed by atoms with Gasteiger partial charge in [0.15, 0.2) is 11.5 Å². The van der Waals surface area contributed by atoms with Crippen LogP contribution < -0.4 is 14.8 Å². The fraction of sp³-hybridized carbons (Fsp3) is 0.417. The van der Waals surface area contributed by atoms with Crippen molar-refractivity contribution in [2.75, 3.05) is 20.0 Å². The van der Waals surface area contributed by atoms with Crippen molar-refractivity contribution in [3.8, 4) is 11.5 Å². The van der Waals surface area contributed by atoms with E-state index in [1.807, 2.05) is 12.1 Å². The Morgan fingerprint density at radius 3 is 2.74 bits per heavy atom. The maximum Gasteiger partial charge on any atom is 0.321 e. The molecular weight excluding hydrogens is 381 g/mol. The van der Waals surface area contributed by atoms with Crippen LogP contribution in [0, 0.1) is 3.57 Å². The summed E-state index contributed by atoms with van der Waals surface area (Å²) in [4.78, 5) is 10.9. The van der Waals surface area contributed by atoms with Crippen LogP contribution in [0.4, 0.5) is 0 Å². The Bertz CT molecular complexity index is 497. The van der Waals surface area contributed by atoms with Crippen LogP contribution in [0.1, 0.15) is 10.9 Å². The van der Waals surface area contributed by atoms with Gasteiger partial charge in [0.1, 0.15) is 6.04 Å². The van der Waals surface area contributed by atoms with Crippen LogP contribution in [0.5, 0.6) is 11.5 Å². The molecule has 1 saturated heterocycles. The lowest BCUT2D eigenvalue weighted by Crippen LogP contribution is -2.33. The third kappa shape index (κ3) is 3.09. The third-order valence-electron chi connectivity index (χ3n) is 2.84. The molecule has 5 nitrogen and oxygen atoms in total. The number of carboxylic acid groups (broad SMARTS) is 1. The van der Waals surface area contributed by atoms with Gasteiger partial charge in [-0.25, -0.2) is 0 Å². The number of nitrogens with one attached hydrogen (secondary N) is 1. The van der Waals surface area contributed by atoms with Gasteiger partial charge in [-0.2, -0.15) is 0 Å². The standard InChI is InChI=1S/C12H14INO4S/c1-17-9-4-6(3-7(13)10(9)18-2)11-14-8(5-19-11)12(15)16/h3-4,8,11,14H,5H2,1-2H3,(H,15,16)/t8-,11+/m1/s1. The van der Waals surface area contributed by atoms with Crippen LogP contribution in [0.25, 0.3) is 0 Å². The van der Waals surface area contributed by atoms with Crippen LogP contribution in [-0.4, -0.2) is 37.1 Å². The highest BCUT2D eigenvalue weighted by Crippen LogP contribution is 2.40. The molecule has 0 unspecified atom stereocenters. The molecule has 1 aromatic carbocycles.